The van der Waals surface area contributed by atoms with E-state index in [2.05, 4.69) is 0 Å². The van der Waals surface area contributed by atoms with Crippen LogP contribution in [0.25, 0.3) is 0 Å². The molecule has 0 aromatic heterocycles. The maximum Gasteiger partial charge on any atom is 0.254 e. The van der Waals surface area contributed by atoms with Gasteiger partial charge in [0.05, 0.1) is 0 Å². The van der Waals surface area contributed by atoms with Crippen LogP contribution in [-0.4, -0.2) is 35.3 Å². The van der Waals surface area contributed by atoms with Gasteiger partial charge in [0.25, 0.3) is 5.91 Å². The van der Waals surface area contributed by atoms with Crippen molar-refractivity contribution >= 4 is 11.8 Å². The molecule has 5 heteroatoms. The van der Waals surface area contributed by atoms with Gasteiger partial charge >= 0.3 is 0 Å². The zero-order chi connectivity index (χ0) is 14.0. The number of primary amides is 1. The first kappa shape index (κ1) is 13.5. The van der Waals surface area contributed by atoms with E-state index in [9.17, 15) is 9.59 Å². The van der Waals surface area contributed by atoms with Gasteiger partial charge in [-0.25, -0.2) is 0 Å². The van der Waals surface area contributed by atoms with Gasteiger partial charge < -0.3 is 16.4 Å². The molecule has 2 amide bonds. The van der Waals surface area contributed by atoms with Crippen LogP contribution in [0.4, 0.5) is 0 Å². The summed E-state index contributed by atoms with van der Waals surface area (Å²) in [6.45, 7) is 2.65. The number of carbonyl (C=O) groups is 2. The molecule has 2 unspecified atom stereocenters. The fourth-order valence-corrected chi connectivity index (χ4v) is 2.48. The lowest BCUT2D eigenvalue weighted by atomic mass is 9.98. The molecule has 0 radical (unpaired) electrons. The Morgan fingerprint density at radius 1 is 1.32 bits per heavy atom. The highest BCUT2D eigenvalue weighted by molar-refractivity contribution is 5.99. The fourth-order valence-electron chi connectivity index (χ4n) is 2.48. The Morgan fingerprint density at radius 3 is 2.63 bits per heavy atom. The minimum Gasteiger partial charge on any atom is -0.366 e. The Morgan fingerprint density at radius 2 is 2.00 bits per heavy atom. The summed E-state index contributed by atoms with van der Waals surface area (Å²) < 4.78 is 0. The molecule has 1 saturated heterocycles. The van der Waals surface area contributed by atoms with Crippen LogP contribution >= 0.6 is 0 Å². The minimum absolute atomic E-state index is 0.0671. The van der Waals surface area contributed by atoms with Crippen molar-refractivity contribution in [3.8, 4) is 0 Å². The van der Waals surface area contributed by atoms with Gasteiger partial charge in [0.1, 0.15) is 0 Å². The van der Waals surface area contributed by atoms with Crippen LogP contribution in [0, 0.1) is 0 Å². The van der Waals surface area contributed by atoms with Crippen LogP contribution in [0.1, 0.15) is 40.5 Å². The number of nitrogens with zero attached hydrogens (tertiary/aromatic N) is 1. The number of rotatable bonds is 2. The molecule has 1 aliphatic rings. The molecule has 1 aromatic rings. The monoisotopic (exact) mass is 261 g/mol. The fraction of sp³-hybridized carbons (Fsp3) is 0.429. The van der Waals surface area contributed by atoms with Crippen LogP contribution in [-0.2, 0) is 0 Å². The number of hydrogen-bond acceptors (Lipinski definition) is 3. The molecule has 19 heavy (non-hydrogen) atoms. The summed E-state index contributed by atoms with van der Waals surface area (Å²) in [6.07, 6.45) is 1.62. The van der Waals surface area contributed by atoms with Crippen LogP contribution in [0.5, 0.6) is 0 Å². The van der Waals surface area contributed by atoms with Gasteiger partial charge in [0, 0.05) is 29.8 Å². The van der Waals surface area contributed by atoms with Crippen molar-refractivity contribution in [3.63, 3.8) is 0 Å². The van der Waals surface area contributed by atoms with Crippen LogP contribution < -0.4 is 11.5 Å². The minimum atomic E-state index is -0.525. The van der Waals surface area contributed by atoms with Crippen molar-refractivity contribution in [2.45, 2.75) is 31.8 Å². The van der Waals surface area contributed by atoms with Gasteiger partial charge in [-0.2, -0.15) is 0 Å². The number of carbonyl (C=O) groups excluding carboxylic acids is 2. The standard InChI is InChI=1S/C14H19N3O2/c1-9-7-12(15)5-6-17(9)14(19)11-4-2-3-10(8-11)13(16)18/h2-4,8-9,12H,5-7,15H2,1H3,(H2,16,18). The number of benzene rings is 1. The van der Waals surface area contributed by atoms with Crippen LogP contribution in [0.3, 0.4) is 0 Å². The lowest BCUT2D eigenvalue weighted by Gasteiger charge is -2.36. The van der Waals surface area contributed by atoms with Gasteiger partial charge in [-0.1, -0.05) is 6.07 Å². The molecule has 4 N–H and O–H groups in total. The Bertz CT molecular complexity index is 501. The molecule has 0 spiro atoms. The predicted molar refractivity (Wildman–Crippen MR) is 72.7 cm³/mol. The quantitative estimate of drug-likeness (QED) is 0.822. The second kappa shape index (κ2) is 5.40. The van der Waals surface area contributed by atoms with Gasteiger partial charge in [0.15, 0.2) is 0 Å². The Hall–Kier alpha value is -1.88. The Balaban J connectivity index is 2.19. The van der Waals surface area contributed by atoms with Crippen molar-refractivity contribution in [2.24, 2.45) is 11.5 Å². The highest BCUT2D eigenvalue weighted by atomic mass is 16.2. The molecule has 0 bridgehead atoms. The highest BCUT2D eigenvalue weighted by Gasteiger charge is 2.27. The van der Waals surface area contributed by atoms with Crippen molar-refractivity contribution in [1.82, 2.24) is 4.90 Å². The summed E-state index contributed by atoms with van der Waals surface area (Å²) in [5.41, 5.74) is 12.0. The van der Waals surface area contributed by atoms with E-state index in [1.165, 1.54) is 0 Å². The molecule has 0 aliphatic carbocycles. The molecular weight excluding hydrogens is 242 g/mol. The summed E-state index contributed by atoms with van der Waals surface area (Å²) >= 11 is 0. The average Bonchev–Trinajstić information content (AvgIpc) is 2.38. The third-order valence-electron chi connectivity index (χ3n) is 3.57. The first-order valence-corrected chi connectivity index (χ1v) is 6.45. The predicted octanol–water partition coefficient (Wildman–Crippen LogP) is 0.737. The SMILES string of the molecule is CC1CC(N)CCN1C(=O)c1cccc(C(N)=O)c1. The first-order valence-electron chi connectivity index (χ1n) is 6.45. The zero-order valence-corrected chi connectivity index (χ0v) is 11.0. The largest absolute Gasteiger partial charge is 0.366 e. The molecule has 0 saturated carbocycles. The first-order chi connectivity index (χ1) is 8.99. The van der Waals surface area contributed by atoms with Gasteiger partial charge in [-0.05, 0) is 38.0 Å². The smallest absolute Gasteiger partial charge is 0.254 e. The number of hydrogen-bond donors (Lipinski definition) is 2. The molecular formula is C14H19N3O2. The second-order valence-corrected chi connectivity index (χ2v) is 5.08. The lowest BCUT2D eigenvalue weighted by Crippen LogP contribution is -2.48. The topological polar surface area (TPSA) is 89.4 Å². The zero-order valence-electron chi connectivity index (χ0n) is 11.0. The molecule has 2 rings (SSSR count). The summed E-state index contributed by atoms with van der Waals surface area (Å²) in [5.74, 6) is -0.592. The van der Waals surface area contributed by atoms with E-state index < -0.39 is 5.91 Å². The number of likely N-dealkylation sites (tertiary alicyclic amines) is 1. The average molecular weight is 261 g/mol. The maximum absolute atomic E-state index is 12.4. The Labute approximate surface area is 112 Å². The van der Waals surface area contributed by atoms with Crippen molar-refractivity contribution < 1.29 is 9.59 Å². The summed E-state index contributed by atoms with van der Waals surface area (Å²) in [4.78, 5) is 25.4. The Kier molecular flexibility index (Phi) is 3.85. The molecule has 1 fully saturated rings. The van der Waals surface area contributed by atoms with Crippen LogP contribution in [0.15, 0.2) is 24.3 Å². The van der Waals surface area contributed by atoms with Crippen molar-refractivity contribution in [3.05, 3.63) is 35.4 Å². The number of nitrogens with two attached hydrogens (primary N) is 2. The third-order valence-corrected chi connectivity index (χ3v) is 3.57. The van der Waals surface area contributed by atoms with Crippen LogP contribution in [0.2, 0.25) is 0 Å². The van der Waals surface area contributed by atoms with Crippen molar-refractivity contribution in [1.29, 1.82) is 0 Å². The molecule has 5 nitrogen and oxygen atoms in total. The van der Waals surface area contributed by atoms with Gasteiger partial charge in [-0.3, -0.25) is 9.59 Å². The second-order valence-electron chi connectivity index (χ2n) is 5.08. The van der Waals surface area contributed by atoms with E-state index in [0.29, 0.717) is 17.7 Å². The van der Waals surface area contributed by atoms with E-state index in [-0.39, 0.29) is 18.0 Å². The maximum atomic E-state index is 12.4. The molecule has 1 aromatic carbocycles. The third kappa shape index (κ3) is 2.93. The van der Waals surface area contributed by atoms with E-state index in [1.54, 1.807) is 24.3 Å². The van der Waals surface area contributed by atoms with E-state index in [4.69, 9.17) is 11.5 Å². The number of piperidine rings is 1. The molecule has 2 atom stereocenters. The lowest BCUT2D eigenvalue weighted by molar-refractivity contribution is 0.0619. The highest BCUT2D eigenvalue weighted by Crippen LogP contribution is 2.19. The molecule has 1 aliphatic heterocycles. The van der Waals surface area contributed by atoms with E-state index in [1.807, 2.05) is 11.8 Å². The van der Waals surface area contributed by atoms with E-state index >= 15 is 0 Å². The molecule has 102 valence electrons. The number of amides is 2. The van der Waals surface area contributed by atoms with Crippen molar-refractivity contribution in [2.75, 3.05) is 6.54 Å². The normalized spacial score (nSPS) is 23.2. The van der Waals surface area contributed by atoms with Gasteiger partial charge in [0.2, 0.25) is 5.91 Å². The van der Waals surface area contributed by atoms with E-state index in [0.717, 1.165) is 12.8 Å². The summed E-state index contributed by atoms with van der Waals surface area (Å²) in [7, 11) is 0. The summed E-state index contributed by atoms with van der Waals surface area (Å²) in [6, 6.07) is 6.81. The summed E-state index contributed by atoms with van der Waals surface area (Å²) in [5, 5.41) is 0. The van der Waals surface area contributed by atoms with Gasteiger partial charge in [-0.15, -0.1) is 0 Å². The molecule has 1 heterocycles.